The van der Waals surface area contributed by atoms with E-state index >= 15 is 0 Å². The number of allylic oxidation sites excluding steroid dienone is 9. The van der Waals surface area contributed by atoms with Crippen LogP contribution in [0, 0.1) is 5.92 Å². The molecular weight excluding hydrogens is 420 g/mol. The number of nitrogens with zero attached hydrogens (tertiary/aromatic N) is 1. The van der Waals surface area contributed by atoms with Crippen LogP contribution in [0.3, 0.4) is 0 Å². The van der Waals surface area contributed by atoms with E-state index in [1.807, 2.05) is 12.2 Å². The highest BCUT2D eigenvalue weighted by Crippen LogP contribution is 2.23. The number of rotatable bonds is 11. The number of likely N-dealkylation sites (tertiary alicyclic amines) is 1. The highest BCUT2D eigenvalue weighted by molar-refractivity contribution is 6.31. The predicted molar refractivity (Wildman–Crippen MR) is 130 cm³/mol. The number of halogens is 3. The lowest BCUT2D eigenvalue weighted by atomic mass is 9.99. The molecule has 2 nitrogen and oxygen atoms in total. The first-order chi connectivity index (χ1) is 14.2. The van der Waals surface area contributed by atoms with Gasteiger partial charge in [0.05, 0.1) is 0 Å². The van der Waals surface area contributed by atoms with Crippen LogP contribution in [0.15, 0.2) is 70.0 Å². The average molecular weight is 456 g/mol. The molecule has 1 aliphatic heterocycles. The molecule has 1 unspecified atom stereocenters. The summed E-state index contributed by atoms with van der Waals surface area (Å²) in [5.74, 6) is 0.679. The van der Waals surface area contributed by atoms with Crippen molar-refractivity contribution in [1.29, 1.82) is 0 Å². The van der Waals surface area contributed by atoms with Gasteiger partial charge < -0.3 is 5.11 Å². The molecule has 1 heterocycles. The van der Waals surface area contributed by atoms with Crippen LogP contribution in [0.1, 0.15) is 52.9 Å². The van der Waals surface area contributed by atoms with Gasteiger partial charge in [-0.2, -0.15) is 0 Å². The minimum atomic E-state index is -1.02. The quantitative estimate of drug-likeness (QED) is 0.252. The Kier molecular flexibility index (Phi) is 13.1. The fourth-order valence-corrected chi connectivity index (χ4v) is 3.91. The second-order valence-electron chi connectivity index (χ2n) is 8.00. The average Bonchev–Trinajstić information content (AvgIpc) is 2.68. The van der Waals surface area contributed by atoms with Crippen molar-refractivity contribution in [2.24, 2.45) is 5.92 Å². The molecule has 0 radical (unpaired) electrons. The summed E-state index contributed by atoms with van der Waals surface area (Å²) in [6.45, 7) is 12.4. The van der Waals surface area contributed by atoms with Gasteiger partial charge in [0.15, 0.2) is 0 Å². The van der Waals surface area contributed by atoms with Gasteiger partial charge in [-0.15, -0.1) is 0 Å². The van der Waals surface area contributed by atoms with Crippen molar-refractivity contribution < 1.29 is 9.50 Å². The van der Waals surface area contributed by atoms with Gasteiger partial charge in [0.1, 0.15) is 11.9 Å². The summed E-state index contributed by atoms with van der Waals surface area (Å²) in [7, 11) is 0. The van der Waals surface area contributed by atoms with Crippen LogP contribution in [0.25, 0.3) is 0 Å². The molecule has 5 heteroatoms. The highest BCUT2D eigenvalue weighted by atomic mass is 35.5. The first kappa shape index (κ1) is 26.7. The van der Waals surface area contributed by atoms with Crippen LogP contribution in [0.2, 0.25) is 0 Å². The molecule has 0 bridgehead atoms. The van der Waals surface area contributed by atoms with E-state index in [9.17, 15) is 4.39 Å². The van der Waals surface area contributed by atoms with Crippen LogP contribution in [0.4, 0.5) is 4.39 Å². The zero-order valence-electron chi connectivity index (χ0n) is 18.5. The molecule has 0 aromatic heterocycles. The number of hydrogen-bond donors (Lipinski definition) is 1. The van der Waals surface area contributed by atoms with E-state index in [0.29, 0.717) is 17.9 Å². The van der Waals surface area contributed by atoms with E-state index in [1.54, 1.807) is 12.2 Å². The molecule has 0 aromatic carbocycles. The SMILES string of the molecule is C=C(O)/C=C\C(Cl)=C/CCC(=C/C(Cl)=C(\CC)CN1CCC[C@H](C)C1)/C=C/C(C)F. The second-order valence-corrected chi connectivity index (χ2v) is 8.84. The smallest absolute Gasteiger partial charge is 0.116 e. The molecule has 1 N–H and O–H groups in total. The van der Waals surface area contributed by atoms with Crippen molar-refractivity contribution in [2.45, 2.75) is 59.0 Å². The fourth-order valence-electron chi connectivity index (χ4n) is 3.40. The van der Waals surface area contributed by atoms with Crippen LogP contribution in [0.5, 0.6) is 0 Å². The Hall–Kier alpha value is -1.29. The summed E-state index contributed by atoms with van der Waals surface area (Å²) < 4.78 is 13.4. The first-order valence-corrected chi connectivity index (χ1v) is 11.5. The minimum Gasteiger partial charge on any atom is -0.509 e. The molecule has 1 saturated heterocycles. The van der Waals surface area contributed by atoms with E-state index < -0.39 is 6.17 Å². The lowest BCUT2D eigenvalue weighted by Gasteiger charge is -2.31. The van der Waals surface area contributed by atoms with Crippen molar-refractivity contribution >= 4 is 23.2 Å². The Morgan fingerprint density at radius 3 is 2.63 bits per heavy atom. The van der Waals surface area contributed by atoms with Crippen molar-refractivity contribution in [1.82, 2.24) is 4.90 Å². The van der Waals surface area contributed by atoms with E-state index in [2.05, 4.69) is 25.3 Å². The molecule has 0 saturated carbocycles. The van der Waals surface area contributed by atoms with Crippen molar-refractivity contribution in [3.05, 3.63) is 70.0 Å². The van der Waals surface area contributed by atoms with Gasteiger partial charge in [0.2, 0.25) is 0 Å². The third kappa shape index (κ3) is 11.8. The van der Waals surface area contributed by atoms with Gasteiger partial charge in [-0.3, -0.25) is 4.90 Å². The summed E-state index contributed by atoms with van der Waals surface area (Å²) in [6, 6.07) is 0. The monoisotopic (exact) mass is 455 g/mol. The lowest BCUT2D eigenvalue weighted by Crippen LogP contribution is -2.35. The number of aliphatic hydroxyl groups is 1. The molecule has 0 amide bonds. The predicted octanol–water partition coefficient (Wildman–Crippen LogP) is 7.99. The number of alkyl halides is 1. The maximum absolute atomic E-state index is 13.4. The van der Waals surface area contributed by atoms with Gasteiger partial charge in [-0.1, -0.05) is 61.9 Å². The zero-order valence-corrected chi connectivity index (χ0v) is 20.0. The van der Waals surface area contributed by atoms with E-state index in [4.69, 9.17) is 28.3 Å². The van der Waals surface area contributed by atoms with E-state index in [-0.39, 0.29) is 5.76 Å². The molecule has 1 fully saturated rings. The Balaban J connectivity index is 2.93. The summed E-state index contributed by atoms with van der Waals surface area (Å²) in [5, 5.41) is 10.4. The number of hydrogen-bond acceptors (Lipinski definition) is 2. The van der Waals surface area contributed by atoms with Gasteiger partial charge in [-0.25, -0.2) is 4.39 Å². The zero-order chi connectivity index (χ0) is 22.5. The first-order valence-electron chi connectivity index (χ1n) is 10.8. The third-order valence-electron chi connectivity index (χ3n) is 5.02. The maximum Gasteiger partial charge on any atom is 0.116 e. The molecule has 30 heavy (non-hydrogen) atoms. The summed E-state index contributed by atoms with van der Waals surface area (Å²) >= 11 is 12.8. The Morgan fingerprint density at radius 1 is 1.30 bits per heavy atom. The topological polar surface area (TPSA) is 23.5 Å². The maximum atomic E-state index is 13.4. The fraction of sp³-hybridized carbons (Fsp3) is 0.520. The second kappa shape index (κ2) is 14.7. The van der Waals surface area contributed by atoms with Gasteiger partial charge >= 0.3 is 0 Å². The standard InChI is InChI=1S/C25H36Cl2FNO/c1-5-23(18-29-15-7-8-19(2)17-29)25(27)16-22(13-11-20(3)28)9-6-10-24(26)14-12-21(4)30/h10-14,16,19-20,30H,4-9,15,17-18H2,1-3H3/b13-11+,14-12-,22-16-,24-10+,25-23-/t19-,20?/m0/s1. The molecule has 1 rings (SSSR count). The Morgan fingerprint density at radius 2 is 2.03 bits per heavy atom. The highest BCUT2D eigenvalue weighted by Gasteiger charge is 2.17. The third-order valence-corrected chi connectivity index (χ3v) is 5.67. The molecule has 1 aliphatic rings. The van der Waals surface area contributed by atoms with Crippen LogP contribution < -0.4 is 0 Å². The van der Waals surface area contributed by atoms with Gasteiger partial charge in [-0.05, 0) is 80.9 Å². The molecule has 0 aromatic rings. The van der Waals surface area contributed by atoms with Gasteiger partial charge in [0.25, 0.3) is 0 Å². The lowest BCUT2D eigenvalue weighted by molar-refractivity contribution is 0.196. The summed E-state index contributed by atoms with van der Waals surface area (Å²) in [6.07, 6.45) is 13.9. The largest absolute Gasteiger partial charge is 0.509 e. The molecule has 0 spiro atoms. The summed E-state index contributed by atoms with van der Waals surface area (Å²) in [5.41, 5.74) is 2.17. The van der Waals surface area contributed by atoms with Gasteiger partial charge in [0, 0.05) is 23.2 Å². The van der Waals surface area contributed by atoms with E-state index in [0.717, 1.165) is 42.6 Å². The van der Waals surface area contributed by atoms with Crippen LogP contribution >= 0.6 is 23.2 Å². The number of aliphatic hydroxyl groups excluding tert-OH is 1. The molecule has 0 aliphatic carbocycles. The normalized spacial score (nSPS) is 21.3. The van der Waals surface area contributed by atoms with Crippen molar-refractivity contribution in [3.8, 4) is 0 Å². The van der Waals surface area contributed by atoms with E-state index in [1.165, 1.54) is 37.5 Å². The molecular formula is C25H36Cl2FNO. The summed E-state index contributed by atoms with van der Waals surface area (Å²) in [4.78, 5) is 2.48. The van der Waals surface area contributed by atoms with Crippen LogP contribution in [-0.2, 0) is 0 Å². The Labute approximate surface area is 192 Å². The number of piperidine rings is 1. The molecule has 168 valence electrons. The van der Waals surface area contributed by atoms with Crippen LogP contribution in [-0.4, -0.2) is 35.8 Å². The molecule has 2 atom stereocenters. The van der Waals surface area contributed by atoms with Crippen molar-refractivity contribution in [2.75, 3.05) is 19.6 Å². The minimum absolute atomic E-state index is 0.0471. The van der Waals surface area contributed by atoms with Crippen molar-refractivity contribution in [3.63, 3.8) is 0 Å². The Bertz CT molecular complexity index is 704.